The zero-order chi connectivity index (χ0) is 17.7. The fourth-order valence-electron chi connectivity index (χ4n) is 2.68. The number of nitrogens with one attached hydrogen (secondary N) is 2. The van der Waals surface area contributed by atoms with Crippen LogP contribution in [-0.4, -0.2) is 51.4 Å². The van der Waals surface area contributed by atoms with Gasteiger partial charge in [-0.05, 0) is 51.1 Å². The molecule has 1 saturated heterocycles. The average Bonchev–Trinajstić information content (AvgIpc) is 3.02. The first kappa shape index (κ1) is 19.2. The van der Waals surface area contributed by atoms with Gasteiger partial charge in [0, 0.05) is 30.7 Å². The molecule has 8 heteroatoms. The van der Waals surface area contributed by atoms with E-state index in [4.69, 9.17) is 11.6 Å². The van der Waals surface area contributed by atoms with E-state index in [-0.39, 0.29) is 29.8 Å². The van der Waals surface area contributed by atoms with Crippen molar-refractivity contribution < 1.29 is 13.2 Å². The first-order valence-electron chi connectivity index (χ1n) is 8.06. The minimum absolute atomic E-state index is 0.0103. The third kappa shape index (κ3) is 5.17. The zero-order valence-corrected chi connectivity index (χ0v) is 15.5. The Balaban J connectivity index is 1.74. The summed E-state index contributed by atoms with van der Waals surface area (Å²) in [7, 11) is -3.58. The molecule has 0 bridgehead atoms. The average molecular weight is 374 g/mol. The van der Waals surface area contributed by atoms with Gasteiger partial charge in [0.05, 0.1) is 10.8 Å². The van der Waals surface area contributed by atoms with Crippen LogP contribution in [0.1, 0.15) is 20.3 Å². The number of amides is 1. The molecule has 134 valence electrons. The number of hydrogen-bond acceptors (Lipinski definition) is 4. The van der Waals surface area contributed by atoms with Crippen molar-refractivity contribution in [1.29, 1.82) is 0 Å². The van der Waals surface area contributed by atoms with Crippen LogP contribution in [0.15, 0.2) is 29.2 Å². The smallest absolute Gasteiger partial charge is 0.240 e. The van der Waals surface area contributed by atoms with Crippen molar-refractivity contribution in [2.45, 2.75) is 31.2 Å². The summed E-state index contributed by atoms with van der Waals surface area (Å²) >= 11 is 5.75. The van der Waals surface area contributed by atoms with Gasteiger partial charge in [0.1, 0.15) is 0 Å². The SMILES string of the molecule is CC(C)N1CC[C@H](C(=O)NCCNS(=O)(=O)c2ccc(Cl)cc2)C1. The molecule has 1 heterocycles. The largest absolute Gasteiger partial charge is 0.355 e. The minimum atomic E-state index is -3.58. The molecule has 1 aliphatic rings. The van der Waals surface area contributed by atoms with Gasteiger partial charge in [-0.2, -0.15) is 0 Å². The second kappa shape index (κ2) is 8.29. The molecule has 1 aliphatic heterocycles. The van der Waals surface area contributed by atoms with Gasteiger partial charge in [0.15, 0.2) is 0 Å². The number of halogens is 1. The van der Waals surface area contributed by atoms with Crippen molar-refractivity contribution in [2.24, 2.45) is 5.92 Å². The molecule has 0 radical (unpaired) electrons. The predicted molar refractivity (Wildman–Crippen MR) is 94.5 cm³/mol. The maximum absolute atomic E-state index is 12.1. The van der Waals surface area contributed by atoms with Gasteiger partial charge in [-0.1, -0.05) is 11.6 Å². The number of likely N-dealkylation sites (tertiary alicyclic amines) is 1. The van der Waals surface area contributed by atoms with Crippen LogP contribution in [0, 0.1) is 5.92 Å². The van der Waals surface area contributed by atoms with Crippen LogP contribution in [0.4, 0.5) is 0 Å². The van der Waals surface area contributed by atoms with E-state index in [0.29, 0.717) is 11.1 Å². The van der Waals surface area contributed by atoms with E-state index in [2.05, 4.69) is 28.8 Å². The summed E-state index contributed by atoms with van der Waals surface area (Å²) < 4.78 is 26.6. The molecule has 0 aliphatic carbocycles. The van der Waals surface area contributed by atoms with E-state index in [0.717, 1.165) is 19.5 Å². The minimum Gasteiger partial charge on any atom is -0.355 e. The summed E-state index contributed by atoms with van der Waals surface area (Å²) in [6, 6.07) is 6.38. The Morgan fingerprint density at radius 1 is 1.29 bits per heavy atom. The summed E-state index contributed by atoms with van der Waals surface area (Å²) in [6.45, 7) is 6.34. The Kier molecular flexibility index (Phi) is 6.62. The second-order valence-corrected chi connectivity index (χ2v) is 8.42. The lowest BCUT2D eigenvalue weighted by Crippen LogP contribution is -2.38. The van der Waals surface area contributed by atoms with Crippen molar-refractivity contribution in [2.75, 3.05) is 26.2 Å². The highest BCUT2D eigenvalue weighted by Crippen LogP contribution is 2.18. The van der Waals surface area contributed by atoms with Crippen LogP contribution < -0.4 is 10.0 Å². The number of nitrogens with zero attached hydrogens (tertiary/aromatic N) is 1. The molecule has 1 fully saturated rings. The van der Waals surface area contributed by atoms with Gasteiger partial charge in [0.25, 0.3) is 0 Å². The summed E-state index contributed by atoms with van der Waals surface area (Å²) in [5.74, 6) is -0.0240. The number of benzene rings is 1. The molecular weight excluding hydrogens is 350 g/mol. The number of rotatable bonds is 7. The third-order valence-electron chi connectivity index (χ3n) is 4.16. The van der Waals surface area contributed by atoms with Crippen LogP contribution in [-0.2, 0) is 14.8 Å². The van der Waals surface area contributed by atoms with Gasteiger partial charge in [-0.25, -0.2) is 13.1 Å². The third-order valence-corrected chi connectivity index (χ3v) is 5.89. The zero-order valence-electron chi connectivity index (χ0n) is 14.0. The molecule has 24 heavy (non-hydrogen) atoms. The topological polar surface area (TPSA) is 78.5 Å². The molecule has 1 aromatic rings. The van der Waals surface area contributed by atoms with Crippen molar-refractivity contribution in [1.82, 2.24) is 14.9 Å². The Bertz CT molecular complexity index is 662. The van der Waals surface area contributed by atoms with Gasteiger partial charge in [-0.15, -0.1) is 0 Å². The highest BCUT2D eigenvalue weighted by Gasteiger charge is 2.29. The summed E-state index contributed by atoms with van der Waals surface area (Å²) in [5, 5.41) is 3.28. The molecule has 2 rings (SSSR count). The first-order valence-corrected chi connectivity index (χ1v) is 9.92. The lowest BCUT2D eigenvalue weighted by atomic mass is 10.1. The fraction of sp³-hybridized carbons (Fsp3) is 0.562. The quantitative estimate of drug-likeness (QED) is 0.709. The van der Waals surface area contributed by atoms with Crippen molar-refractivity contribution in [3.8, 4) is 0 Å². The molecule has 6 nitrogen and oxygen atoms in total. The van der Waals surface area contributed by atoms with Crippen LogP contribution in [0.25, 0.3) is 0 Å². The van der Waals surface area contributed by atoms with E-state index in [1.54, 1.807) is 0 Å². The predicted octanol–water partition coefficient (Wildman–Crippen LogP) is 1.46. The lowest BCUT2D eigenvalue weighted by molar-refractivity contribution is -0.124. The number of carbonyl (C=O) groups excluding carboxylic acids is 1. The van der Waals surface area contributed by atoms with Gasteiger partial charge in [-0.3, -0.25) is 4.79 Å². The van der Waals surface area contributed by atoms with Crippen molar-refractivity contribution in [3.63, 3.8) is 0 Å². The molecule has 0 unspecified atom stereocenters. The number of carbonyl (C=O) groups is 1. The highest BCUT2D eigenvalue weighted by atomic mass is 35.5. The van der Waals surface area contributed by atoms with Crippen LogP contribution in [0.3, 0.4) is 0 Å². The summed E-state index contributed by atoms with van der Waals surface area (Å²) in [6.07, 6.45) is 0.848. The maximum atomic E-state index is 12.1. The second-order valence-electron chi connectivity index (χ2n) is 6.22. The van der Waals surface area contributed by atoms with Crippen molar-refractivity contribution in [3.05, 3.63) is 29.3 Å². The molecule has 0 aromatic heterocycles. The first-order chi connectivity index (χ1) is 11.3. The fourth-order valence-corrected chi connectivity index (χ4v) is 3.84. The molecule has 1 aromatic carbocycles. The molecule has 1 amide bonds. The van der Waals surface area contributed by atoms with Crippen LogP contribution in [0.2, 0.25) is 5.02 Å². The summed E-state index contributed by atoms with van der Waals surface area (Å²) in [4.78, 5) is 14.5. The number of sulfonamides is 1. The molecular formula is C16H24ClN3O3S. The molecule has 2 N–H and O–H groups in total. The summed E-state index contributed by atoms with van der Waals surface area (Å²) in [5.41, 5.74) is 0. The Morgan fingerprint density at radius 2 is 1.96 bits per heavy atom. The molecule has 0 spiro atoms. The molecule has 0 saturated carbocycles. The van der Waals surface area contributed by atoms with Gasteiger partial charge < -0.3 is 10.2 Å². The van der Waals surface area contributed by atoms with E-state index >= 15 is 0 Å². The normalized spacial score (nSPS) is 18.9. The standard InChI is InChI=1S/C16H24ClN3O3S/c1-12(2)20-10-7-13(11-20)16(21)18-8-9-19-24(22,23)15-5-3-14(17)4-6-15/h3-6,12-13,19H,7-11H2,1-2H3,(H,18,21)/t13-/m0/s1. The Morgan fingerprint density at radius 3 is 2.54 bits per heavy atom. The highest BCUT2D eigenvalue weighted by molar-refractivity contribution is 7.89. The monoisotopic (exact) mass is 373 g/mol. The Hall–Kier alpha value is -1.15. The van der Waals surface area contributed by atoms with E-state index < -0.39 is 10.0 Å². The number of hydrogen-bond donors (Lipinski definition) is 2. The van der Waals surface area contributed by atoms with E-state index in [1.165, 1.54) is 24.3 Å². The van der Waals surface area contributed by atoms with E-state index in [9.17, 15) is 13.2 Å². The van der Waals surface area contributed by atoms with E-state index in [1.807, 2.05) is 0 Å². The van der Waals surface area contributed by atoms with Crippen LogP contribution in [0.5, 0.6) is 0 Å². The van der Waals surface area contributed by atoms with Gasteiger partial charge in [0.2, 0.25) is 15.9 Å². The Labute approximate surface area is 148 Å². The van der Waals surface area contributed by atoms with Crippen LogP contribution >= 0.6 is 11.6 Å². The van der Waals surface area contributed by atoms with Gasteiger partial charge >= 0.3 is 0 Å². The molecule has 1 atom stereocenters. The maximum Gasteiger partial charge on any atom is 0.240 e. The lowest BCUT2D eigenvalue weighted by Gasteiger charge is -2.20. The van der Waals surface area contributed by atoms with Crippen molar-refractivity contribution >= 4 is 27.5 Å².